The van der Waals surface area contributed by atoms with E-state index in [4.69, 9.17) is 0 Å². The van der Waals surface area contributed by atoms with E-state index < -0.39 is 0 Å². The molecule has 17 heavy (non-hydrogen) atoms. The molecule has 0 fully saturated rings. The van der Waals surface area contributed by atoms with Crippen molar-refractivity contribution < 1.29 is 0 Å². The summed E-state index contributed by atoms with van der Waals surface area (Å²) in [6.45, 7) is 2.72. The Hall–Kier alpha value is -1.21. The van der Waals surface area contributed by atoms with Crippen molar-refractivity contribution in [1.82, 2.24) is 15.0 Å². The maximum Gasteiger partial charge on any atom is 0.224 e. The molecule has 0 spiro atoms. The topological polar surface area (TPSA) is 62.7 Å². The Kier molecular flexibility index (Phi) is 3.90. The van der Waals surface area contributed by atoms with Crippen molar-refractivity contribution in [3.05, 3.63) is 26.8 Å². The quantitative estimate of drug-likeness (QED) is 0.908. The van der Waals surface area contributed by atoms with E-state index in [0.29, 0.717) is 5.95 Å². The lowest BCUT2D eigenvalue weighted by molar-refractivity contribution is 1.06. The Morgan fingerprint density at radius 1 is 1.41 bits per heavy atom. The maximum atomic E-state index is 4.32. The average molecular weight is 314 g/mol. The Bertz CT molecular complexity index is 513. The van der Waals surface area contributed by atoms with Gasteiger partial charge in [0.2, 0.25) is 5.95 Å². The Morgan fingerprint density at radius 2 is 2.24 bits per heavy atom. The zero-order chi connectivity index (χ0) is 12.3. The van der Waals surface area contributed by atoms with Gasteiger partial charge < -0.3 is 10.6 Å². The largest absolute Gasteiger partial charge is 0.364 e. The predicted octanol–water partition coefficient (Wildman–Crippen LogP) is 2.66. The number of thiazole rings is 1. The summed E-state index contributed by atoms with van der Waals surface area (Å²) in [6.07, 6.45) is 1.72. The van der Waals surface area contributed by atoms with Crippen LogP contribution >= 0.6 is 27.3 Å². The first-order valence-corrected chi connectivity index (χ1v) is 6.71. The van der Waals surface area contributed by atoms with Crippen LogP contribution in [-0.4, -0.2) is 22.0 Å². The molecule has 2 aromatic rings. The molecule has 0 radical (unpaired) electrons. The molecule has 0 aliphatic carbocycles. The fraction of sp³-hybridized carbons (Fsp3) is 0.300. The third kappa shape index (κ3) is 2.92. The van der Waals surface area contributed by atoms with E-state index >= 15 is 0 Å². The summed E-state index contributed by atoms with van der Waals surface area (Å²) in [5, 5.41) is 6.17. The van der Waals surface area contributed by atoms with E-state index in [-0.39, 0.29) is 0 Å². The van der Waals surface area contributed by atoms with Crippen LogP contribution < -0.4 is 10.6 Å². The van der Waals surface area contributed by atoms with Crippen molar-refractivity contribution in [1.29, 1.82) is 0 Å². The first kappa shape index (κ1) is 12.3. The highest BCUT2D eigenvalue weighted by Gasteiger charge is 2.06. The number of hydrogen-bond donors (Lipinski definition) is 2. The number of hydrogen-bond acceptors (Lipinski definition) is 6. The van der Waals surface area contributed by atoms with Crippen LogP contribution in [0.3, 0.4) is 0 Å². The first-order valence-electron chi connectivity index (χ1n) is 5.04. The van der Waals surface area contributed by atoms with Gasteiger partial charge in [-0.15, -0.1) is 11.3 Å². The van der Waals surface area contributed by atoms with Crippen LogP contribution in [0.5, 0.6) is 0 Å². The standard InChI is InChI=1S/C10H12BrN5S/c1-6-8(17-5-15-6)4-13-9-7(11)3-14-10(12-2)16-9/h3,5H,4H2,1-2H3,(H2,12,13,14,16). The van der Waals surface area contributed by atoms with Gasteiger partial charge in [-0.25, -0.2) is 9.97 Å². The van der Waals surface area contributed by atoms with Crippen LogP contribution in [0.4, 0.5) is 11.8 Å². The predicted molar refractivity (Wildman–Crippen MR) is 73.5 cm³/mol. The molecule has 2 heterocycles. The number of halogens is 1. The molecule has 0 aliphatic rings. The van der Waals surface area contributed by atoms with Crippen LogP contribution in [0, 0.1) is 6.92 Å². The van der Waals surface area contributed by atoms with E-state index in [2.05, 4.69) is 41.5 Å². The van der Waals surface area contributed by atoms with Crippen LogP contribution in [0.2, 0.25) is 0 Å². The highest BCUT2D eigenvalue weighted by atomic mass is 79.9. The van der Waals surface area contributed by atoms with Crippen molar-refractivity contribution in [2.45, 2.75) is 13.5 Å². The summed E-state index contributed by atoms with van der Waals surface area (Å²) in [5.41, 5.74) is 2.90. The molecular formula is C10H12BrN5S. The molecule has 0 saturated heterocycles. The van der Waals surface area contributed by atoms with Gasteiger partial charge in [0.25, 0.3) is 0 Å². The highest BCUT2D eigenvalue weighted by Crippen LogP contribution is 2.21. The molecule has 0 atom stereocenters. The summed E-state index contributed by atoms with van der Waals surface area (Å²) in [5.74, 6) is 1.37. The molecule has 90 valence electrons. The van der Waals surface area contributed by atoms with Crippen molar-refractivity contribution in [2.24, 2.45) is 0 Å². The maximum absolute atomic E-state index is 4.32. The van der Waals surface area contributed by atoms with E-state index in [1.807, 2.05) is 12.4 Å². The van der Waals surface area contributed by atoms with Gasteiger partial charge in [-0.3, -0.25) is 0 Å². The number of aromatic nitrogens is 3. The van der Waals surface area contributed by atoms with Gasteiger partial charge in [0.15, 0.2) is 0 Å². The Balaban J connectivity index is 2.11. The minimum Gasteiger partial charge on any atom is -0.364 e. The van der Waals surface area contributed by atoms with E-state index in [1.165, 1.54) is 4.88 Å². The summed E-state index contributed by atoms with van der Waals surface area (Å²) in [4.78, 5) is 13.8. The van der Waals surface area contributed by atoms with E-state index in [0.717, 1.165) is 22.5 Å². The minimum absolute atomic E-state index is 0.594. The summed E-state index contributed by atoms with van der Waals surface area (Å²) >= 11 is 5.05. The Morgan fingerprint density at radius 3 is 2.88 bits per heavy atom. The number of anilines is 2. The molecule has 0 amide bonds. The van der Waals surface area contributed by atoms with Gasteiger partial charge in [0.1, 0.15) is 5.82 Å². The first-order chi connectivity index (χ1) is 8.20. The molecule has 5 nitrogen and oxygen atoms in total. The third-order valence-corrected chi connectivity index (χ3v) is 3.74. The summed E-state index contributed by atoms with van der Waals surface area (Å²) in [6, 6.07) is 0. The van der Waals surface area contributed by atoms with Gasteiger partial charge in [0, 0.05) is 18.1 Å². The van der Waals surface area contributed by atoms with E-state index in [9.17, 15) is 0 Å². The molecule has 0 aliphatic heterocycles. The van der Waals surface area contributed by atoms with Crippen molar-refractivity contribution in [3.8, 4) is 0 Å². The summed E-state index contributed by atoms with van der Waals surface area (Å²) in [7, 11) is 1.79. The lowest BCUT2D eigenvalue weighted by Gasteiger charge is -2.08. The van der Waals surface area contributed by atoms with Crippen molar-refractivity contribution in [3.63, 3.8) is 0 Å². The zero-order valence-electron chi connectivity index (χ0n) is 9.49. The van der Waals surface area contributed by atoms with Gasteiger partial charge in [-0.1, -0.05) is 0 Å². The summed E-state index contributed by atoms with van der Waals surface area (Å²) < 4.78 is 0.846. The third-order valence-electron chi connectivity index (χ3n) is 2.23. The average Bonchev–Trinajstić information content (AvgIpc) is 2.74. The van der Waals surface area contributed by atoms with Gasteiger partial charge >= 0.3 is 0 Å². The molecule has 2 rings (SSSR count). The van der Waals surface area contributed by atoms with Gasteiger partial charge in [-0.05, 0) is 22.9 Å². The second kappa shape index (κ2) is 5.42. The molecule has 2 N–H and O–H groups in total. The number of rotatable bonds is 4. The van der Waals surface area contributed by atoms with Crippen LogP contribution in [0.15, 0.2) is 16.2 Å². The smallest absolute Gasteiger partial charge is 0.224 e. The fourth-order valence-corrected chi connectivity index (χ4v) is 2.32. The Labute approximate surface area is 112 Å². The van der Waals surface area contributed by atoms with Crippen molar-refractivity contribution >= 4 is 39.0 Å². The minimum atomic E-state index is 0.594. The molecule has 0 aromatic carbocycles. The fourth-order valence-electron chi connectivity index (χ4n) is 1.27. The SMILES string of the molecule is CNc1ncc(Br)c(NCc2scnc2C)n1. The van der Waals surface area contributed by atoms with Gasteiger partial charge in [0.05, 0.1) is 22.2 Å². The van der Waals surface area contributed by atoms with Crippen LogP contribution in [0.25, 0.3) is 0 Å². The molecule has 2 aromatic heterocycles. The lowest BCUT2D eigenvalue weighted by Crippen LogP contribution is -2.05. The normalized spacial score (nSPS) is 10.3. The van der Waals surface area contributed by atoms with E-state index in [1.54, 1.807) is 24.6 Å². The van der Waals surface area contributed by atoms with Crippen molar-refractivity contribution in [2.75, 3.05) is 17.7 Å². The zero-order valence-corrected chi connectivity index (χ0v) is 11.9. The second-order valence-corrected chi connectivity index (χ2v) is 5.15. The highest BCUT2D eigenvalue weighted by molar-refractivity contribution is 9.10. The number of nitrogens with one attached hydrogen (secondary N) is 2. The number of aryl methyl sites for hydroxylation is 1. The molecule has 0 bridgehead atoms. The molecular weight excluding hydrogens is 302 g/mol. The monoisotopic (exact) mass is 313 g/mol. The van der Waals surface area contributed by atoms with Gasteiger partial charge in [-0.2, -0.15) is 4.98 Å². The molecule has 7 heteroatoms. The lowest BCUT2D eigenvalue weighted by atomic mass is 10.4. The number of nitrogens with zero attached hydrogens (tertiary/aromatic N) is 3. The van der Waals surface area contributed by atoms with Crippen LogP contribution in [0.1, 0.15) is 10.6 Å². The van der Waals surface area contributed by atoms with Crippen LogP contribution in [-0.2, 0) is 6.54 Å². The molecule has 0 unspecified atom stereocenters. The second-order valence-electron chi connectivity index (χ2n) is 3.35. The molecule has 0 saturated carbocycles.